The first-order chi connectivity index (χ1) is 6.22. The molecule has 1 aromatic carbocycles. The van der Waals surface area contributed by atoms with Crippen molar-refractivity contribution in [2.45, 2.75) is 6.92 Å². The van der Waals surface area contributed by atoms with Crippen LogP contribution in [-0.2, 0) is 4.89 Å². The summed E-state index contributed by atoms with van der Waals surface area (Å²) in [6, 6.07) is 8.30. The van der Waals surface area contributed by atoms with Gasteiger partial charge in [0.2, 0.25) is 0 Å². The van der Waals surface area contributed by atoms with Crippen molar-refractivity contribution in [1.82, 2.24) is 0 Å². The van der Waals surface area contributed by atoms with Gasteiger partial charge in [-0.3, -0.25) is 5.26 Å². The van der Waals surface area contributed by atoms with Gasteiger partial charge in [-0.15, -0.1) is 0 Å². The maximum atomic E-state index is 10.2. The van der Waals surface area contributed by atoms with Crippen LogP contribution in [0.5, 0.6) is 0 Å². The van der Waals surface area contributed by atoms with Gasteiger partial charge in [-0.2, -0.15) is 0 Å². The van der Waals surface area contributed by atoms with Gasteiger partial charge in [0.1, 0.15) is 0 Å². The molecule has 0 atom stereocenters. The van der Waals surface area contributed by atoms with E-state index in [-0.39, 0.29) is 0 Å². The Morgan fingerprint density at radius 1 is 1.38 bits per heavy atom. The van der Waals surface area contributed by atoms with Gasteiger partial charge in [0, 0.05) is 0 Å². The molecule has 0 bridgehead atoms. The SMILES string of the molecule is CCOO.O=C(O)c1ccccc1. The van der Waals surface area contributed by atoms with E-state index < -0.39 is 5.97 Å². The molecule has 13 heavy (non-hydrogen) atoms. The fourth-order valence-electron chi connectivity index (χ4n) is 0.581. The molecule has 1 aromatic rings. The Morgan fingerprint density at radius 2 is 1.85 bits per heavy atom. The van der Waals surface area contributed by atoms with Crippen LogP contribution in [-0.4, -0.2) is 22.9 Å². The molecule has 0 fully saturated rings. The number of benzene rings is 1. The van der Waals surface area contributed by atoms with E-state index in [0.717, 1.165) is 0 Å². The number of hydrogen-bond acceptors (Lipinski definition) is 3. The molecule has 2 N–H and O–H groups in total. The van der Waals surface area contributed by atoms with Crippen LogP contribution in [0.15, 0.2) is 30.3 Å². The lowest BCUT2D eigenvalue weighted by atomic mass is 10.2. The Bertz CT molecular complexity index is 231. The molecule has 0 heterocycles. The Kier molecular flexibility index (Phi) is 6.49. The molecule has 1 rings (SSSR count). The van der Waals surface area contributed by atoms with Gasteiger partial charge in [0.05, 0.1) is 12.2 Å². The minimum atomic E-state index is -0.879. The summed E-state index contributed by atoms with van der Waals surface area (Å²) in [4.78, 5) is 13.7. The number of rotatable bonds is 2. The smallest absolute Gasteiger partial charge is 0.335 e. The maximum absolute atomic E-state index is 10.2. The van der Waals surface area contributed by atoms with Crippen molar-refractivity contribution in [3.05, 3.63) is 35.9 Å². The van der Waals surface area contributed by atoms with Crippen LogP contribution in [0.25, 0.3) is 0 Å². The summed E-state index contributed by atoms with van der Waals surface area (Å²) in [5, 5.41) is 15.8. The third kappa shape index (κ3) is 5.84. The molecule has 0 aliphatic rings. The quantitative estimate of drug-likeness (QED) is 0.544. The summed E-state index contributed by atoms with van der Waals surface area (Å²) in [5.41, 5.74) is 0.331. The van der Waals surface area contributed by atoms with E-state index in [4.69, 9.17) is 10.4 Å². The van der Waals surface area contributed by atoms with Crippen LogP contribution >= 0.6 is 0 Å². The molecule has 0 aliphatic heterocycles. The highest BCUT2D eigenvalue weighted by Gasteiger charge is 1.96. The van der Waals surface area contributed by atoms with E-state index in [1.54, 1.807) is 37.3 Å². The highest BCUT2D eigenvalue weighted by atomic mass is 17.1. The van der Waals surface area contributed by atoms with E-state index in [2.05, 4.69) is 4.89 Å². The lowest BCUT2D eigenvalue weighted by Gasteiger charge is -1.88. The topological polar surface area (TPSA) is 66.8 Å². The van der Waals surface area contributed by atoms with Crippen molar-refractivity contribution in [2.75, 3.05) is 6.61 Å². The summed E-state index contributed by atoms with van der Waals surface area (Å²) in [6.07, 6.45) is 0. The van der Waals surface area contributed by atoms with Crippen molar-refractivity contribution in [3.8, 4) is 0 Å². The van der Waals surface area contributed by atoms with Gasteiger partial charge >= 0.3 is 5.97 Å². The second-order valence-corrected chi connectivity index (χ2v) is 2.09. The number of carbonyl (C=O) groups is 1. The van der Waals surface area contributed by atoms with Gasteiger partial charge in [0.25, 0.3) is 0 Å². The standard InChI is InChI=1S/C7H6O2.C2H6O2/c8-7(9)6-4-2-1-3-5-6;1-2-4-3/h1-5H,(H,8,9);3H,2H2,1H3. The molecule has 0 spiro atoms. The molecule has 0 radical (unpaired) electrons. The highest BCUT2D eigenvalue weighted by Crippen LogP contribution is 1.96. The number of carboxylic acid groups (broad SMARTS) is 1. The van der Waals surface area contributed by atoms with E-state index in [1.807, 2.05) is 0 Å². The zero-order valence-corrected chi connectivity index (χ0v) is 7.30. The van der Waals surface area contributed by atoms with Crippen molar-refractivity contribution < 1.29 is 20.0 Å². The largest absolute Gasteiger partial charge is 0.478 e. The van der Waals surface area contributed by atoms with E-state index in [0.29, 0.717) is 12.2 Å². The van der Waals surface area contributed by atoms with Gasteiger partial charge in [0.15, 0.2) is 0 Å². The predicted octanol–water partition coefficient (Wildman–Crippen LogP) is 1.88. The fraction of sp³-hybridized carbons (Fsp3) is 0.222. The molecular formula is C9H12O4. The van der Waals surface area contributed by atoms with Gasteiger partial charge in [-0.25, -0.2) is 9.68 Å². The first-order valence-corrected chi connectivity index (χ1v) is 3.77. The molecule has 0 saturated heterocycles. The van der Waals surface area contributed by atoms with E-state index >= 15 is 0 Å². The van der Waals surface area contributed by atoms with E-state index in [9.17, 15) is 4.79 Å². The molecule has 4 nitrogen and oxygen atoms in total. The minimum absolute atomic E-state index is 0.331. The highest BCUT2D eigenvalue weighted by molar-refractivity contribution is 5.87. The van der Waals surface area contributed by atoms with Gasteiger partial charge in [-0.05, 0) is 19.1 Å². The minimum Gasteiger partial charge on any atom is -0.478 e. The molecule has 4 heteroatoms. The molecule has 0 saturated carbocycles. The van der Waals surface area contributed by atoms with Gasteiger partial charge < -0.3 is 5.11 Å². The maximum Gasteiger partial charge on any atom is 0.335 e. The van der Waals surface area contributed by atoms with E-state index in [1.165, 1.54) is 0 Å². The Morgan fingerprint density at radius 3 is 2.08 bits per heavy atom. The van der Waals surface area contributed by atoms with Crippen molar-refractivity contribution in [3.63, 3.8) is 0 Å². The predicted molar refractivity (Wildman–Crippen MR) is 47.7 cm³/mol. The average Bonchev–Trinajstić information content (AvgIpc) is 2.19. The molecule has 0 aliphatic carbocycles. The second-order valence-electron chi connectivity index (χ2n) is 2.09. The monoisotopic (exact) mass is 184 g/mol. The summed E-state index contributed by atoms with van der Waals surface area (Å²) in [5.74, 6) is -0.879. The first-order valence-electron chi connectivity index (χ1n) is 3.77. The number of aromatic carboxylic acids is 1. The Labute approximate surface area is 76.3 Å². The summed E-state index contributed by atoms with van der Waals surface area (Å²) in [6.45, 7) is 2.08. The van der Waals surface area contributed by atoms with Crippen LogP contribution < -0.4 is 0 Å². The molecular weight excluding hydrogens is 172 g/mol. The zero-order chi connectivity index (χ0) is 10.1. The summed E-state index contributed by atoms with van der Waals surface area (Å²) >= 11 is 0. The average molecular weight is 184 g/mol. The number of hydrogen-bond donors (Lipinski definition) is 2. The molecule has 0 unspecified atom stereocenters. The van der Waals surface area contributed by atoms with Crippen LogP contribution in [0.4, 0.5) is 0 Å². The zero-order valence-electron chi connectivity index (χ0n) is 7.30. The van der Waals surface area contributed by atoms with Crippen LogP contribution in [0, 0.1) is 0 Å². The molecule has 0 amide bonds. The second kappa shape index (κ2) is 7.27. The molecule has 72 valence electrons. The number of carboxylic acids is 1. The first kappa shape index (κ1) is 11.6. The van der Waals surface area contributed by atoms with Crippen LogP contribution in [0.1, 0.15) is 17.3 Å². The fourth-order valence-corrected chi connectivity index (χ4v) is 0.581. The Hall–Kier alpha value is -1.39. The normalized spacial score (nSPS) is 8.46. The van der Waals surface area contributed by atoms with Crippen molar-refractivity contribution in [1.29, 1.82) is 0 Å². The third-order valence-corrected chi connectivity index (χ3v) is 1.15. The Balaban J connectivity index is 0.000000310. The lowest BCUT2D eigenvalue weighted by Crippen LogP contribution is -1.93. The van der Waals surface area contributed by atoms with Gasteiger partial charge in [-0.1, -0.05) is 18.2 Å². The van der Waals surface area contributed by atoms with Crippen LogP contribution in [0.2, 0.25) is 0 Å². The summed E-state index contributed by atoms with van der Waals surface area (Å²) in [7, 11) is 0. The van der Waals surface area contributed by atoms with Crippen molar-refractivity contribution >= 4 is 5.97 Å². The van der Waals surface area contributed by atoms with Crippen LogP contribution in [0.3, 0.4) is 0 Å². The summed E-state index contributed by atoms with van der Waals surface area (Å²) < 4.78 is 0. The molecule has 0 aromatic heterocycles. The third-order valence-electron chi connectivity index (χ3n) is 1.15. The van der Waals surface area contributed by atoms with Crippen molar-refractivity contribution in [2.24, 2.45) is 0 Å². The lowest BCUT2D eigenvalue weighted by molar-refractivity contribution is -0.237.